The van der Waals surface area contributed by atoms with E-state index in [1.807, 2.05) is 0 Å². The van der Waals surface area contributed by atoms with Gasteiger partial charge in [0.25, 0.3) is 0 Å². The molecule has 2 aliphatic carbocycles. The molecule has 1 amide bonds. The summed E-state index contributed by atoms with van der Waals surface area (Å²) in [4.78, 5) is 22.9. The van der Waals surface area contributed by atoms with E-state index in [-0.39, 0.29) is 17.6 Å². The molecule has 23 heavy (non-hydrogen) atoms. The molecule has 3 rings (SSSR count). The van der Waals surface area contributed by atoms with Crippen LogP contribution >= 0.6 is 0 Å². The zero-order valence-electron chi connectivity index (χ0n) is 13.9. The molecule has 2 fully saturated rings. The Bertz CT molecular complexity index is 627. The van der Waals surface area contributed by atoms with Crippen LogP contribution in [0.4, 0.5) is 5.69 Å². The predicted octanol–water partition coefficient (Wildman–Crippen LogP) is 2.60. The summed E-state index contributed by atoms with van der Waals surface area (Å²) in [7, 11) is 0. The third-order valence-electron chi connectivity index (χ3n) is 5.67. The Morgan fingerprint density at radius 1 is 1.43 bits per heavy atom. The number of carbonyl (C=O) groups is 1. The Hall–Kier alpha value is -1.92. The molecule has 5 atom stereocenters. The highest BCUT2D eigenvalue weighted by Crippen LogP contribution is 2.49. The Labute approximate surface area is 135 Å². The summed E-state index contributed by atoms with van der Waals surface area (Å²) >= 11 is 0. The smallest absolute Gasteiger partial charge is 0.309 e. The fraction of sp³-hybridized carbons (Fsp3) is 0.750. The number of fused-ring (bicyclic) bond motifs is 2. The maximum Gasteiger partial charge on any atom is 0.309 e. The van der Waals surface area contributed by atoms with E-state index in [9.17, 15) is 14.9 Å². The highest BCUT2D eigenvalue weighted by molar-refractivity contribution is 5.80. The molecular formula is C16H24N4O3. The molecule has 0 radical (unpaired) electrons. The van der Waals surface area contributed by atoms with Crippen LogP contribution in [0.2, 0.25) is 0 Å². The number of carbonyl (C=O) groups excluding carboxylic acids is 1. The van der Waals surface area contributed by atoms with Crippen LogP contribution in [0.15, 0.2) is 6.20 Å². The Morgan fingerprint density at radius 3 is 2.70 bits per heavy atom. The molecule has 7 heteroatoms. The maximum absolute atomic E-state index is 12.5. The zero-order chi connectivity index (χ0) is 16.7. The fourth-order valence-electron chi connectivity index (χ4n) is 4.33. The molecule has 1 aromatic heterocycles. The minimum atomic E-state index is -0.552. The third kappa shape index (κ3) is 2.96. The first-order valence-corrected chi connectivity index (χ1v) is 8.37. The van der Waals surface area contributed by atoms with Crippen molar-refractivity contribution in [3.05, 3.63) is 22.0 Å². The van der Waals surface area contributed by atoms with Crippen LogP contribution in [-0.2, 0) is 4.79 Å². The molecule has 1 N–H and O–H groups in total. The second-order valence-corrected chi connectivity index (χ2v) is 7.15. The van der Waals surface area contributed by atoms with Gasteiger partial charge in [-0.2, -0.15) is 5.10 Å². The summed E-state index contributed by atoms with van der Waals surface area (Å²) in [5.74, 6) is 2.04. The van der Waals surface area contributed by atoms with E-state index in [0.29, 0.717) is 11.6 Å². The first-order valence-electron chi connectivity index (χ1n) is 8.37. The van der Waals surface area contributed by atoms with E-state index in [0.717, 1.165) is 11.8 Å². The van der Waals surface area contributed by atoms with Crippen LogP contribution in [-0.4, -0.2) is 26.7 Å². The summed E-state index contributed by atoms with van der Waals surface area (Å²) in [5, 5.41) is 18.1. The quantitative estimate of drug-likeness (QED) is 0.667. The molecule has 0 saturated heterocycles. The molecule has 0 aromatic carbocycles. The zero-order valence-corrected chi connectivity index (χ0v) is 13.9. The van der Waals surface area contributed by atoms with Crippen LogP contribution in [0.3, 0.4) is 0 Å². The largest absolute Gasteiger partial charge is 0.352 e. The summed E-state index contributed by atoms with van der Waals surface area (Å²) in [6, 6.07) is -0.407. The lowest BCUT2D eigenvalue weighted by molar-refractivity contribution is -0.385. The van der Waals surface area contributed by atoms with E-state index < -0.39 is 11.0 Å². The normalized spacial score (nSPS) is 28.6. The maximum atomic E-state index is 12.5. The van der Waals surface area contributed by atoms with Crippen molar-refractivity contribution in [1.29, 1.82) is 0 Å². The molecule has 0 aliphatic heterocycles. The van der Waals surface area contributed by atoms with Gasteiger partial charge in [-0.25, -0.2) is 0 Å². The van der Waals surface area contributed by atoms with Gasteiger partial charge >= 0.3 is 5.69 Å². The molecule has 1 heterocycles. The highest BCUT2D eigenvalue weighted by atomic mass is 16.6. The van der Waals surface area contributed by atoms with Gasteiger partial charge in [0.15, 0.2) is 0 Å². The molecule has 2 bridgehead atoms. The van der Waals surface area contributed by atoms with Gasteiger partial charge in [0, 0.05) is 6.04 Å². The molecule has 7 nitrogen and oxygen atoms in total. The lowest BCUT2D eigenvalue weighted by Gasteiger charge is -2.29. The molecule has 2 aliphatic rings. The fourth-order valence-corrected chi connectivity index (χ4v) is 4.33. The summed E-state index contributed by atoms with van der Waals surface area (Å²) in [6.07, 6.45) is 6.49. The molecule has 2 saturated carbocycles. The highest BCUT2D eigenvalue weighted by Gasteiger charge is 2.42. The number of rotatable bonds is 5. The van der Waals surface area contributed by atoms with Crippen molar-refractivity contribution in [2.75, 3.05) is 0 Å². The van der Waals surface area contributed by atoms with Gasteiger partial charge in [0.1, 0.15) is 17.9 Å². The van der Waals surface area contributed by atoms with Crippen molar-refractivity contribution >= 4 is 11.6 Å². The minimum absolute atomic E-state index is 0.0502. The van der Waals surface area contributed by atoms with Crippen LogP contribution in [0, 0.1) is 34.8 Å². The number of hydrogen-bond acceptors (Lipinski definition) is 4. The Morgan fingerprint density at radius 2 is 2.17 bits per heavy atom. The first kappa shape index (κ1) is 16.0. The second kappa shape index (κ2) is 5.94. The molecular weight excluding hydrogens is 296 g/mol. The third-order valence-corrected chi connectivity index (χ3v) is 5.67. The number of aromatic nitrogens is 2. The predicted molar refractivity (Wildman–Crippen MR) is 84.9 cm³/mol. The van der Waals surface area contributed by atoms with E-state index >= 15 is 0 Å². The van der Waals surface area contributed by atoms with Crippen molar-refractivity contribution in [2.24, 2.45) is 17.8 Å². The number of aryl methyl sites for hydroxylation is 1. The number of hydrogen-bond donors (Lipinski definition) is 1. The van der Waals surface area contributed by atoms with Crippen LogP contribution in [0.25, 0.3) is 0 Å². The average Bonchev–Trinajstić information content (AvgIpc) is 3.20. The summed E-state index contributed by atoms with van der Waals surface area (Å²) in [5.41, 5.74) is 0.279. The van der Waals surface area contributed by atoms with Crippen molar-refractivity contribution in [2.45, 2.75) is 58.5 Å². The molecule has 1 aromatic rings. The van der Waals surface area contributed by atoms with E-state index in [4.69, 9.17) is 0 Å². The number of nitrogens with zero attached hydrogens (tertiary/aromatic N) is 3. The summed E-state index contributed by atoms with van der Waals surface area (Å²) < 4.78 is 1.39. The number of amides is 1. The lowest BCUT2D eigenvalue weighted by Crippen LogP contribution is -2.43. The minimum Gasteiger partial charge on any atom is -0.352 e. The number of nitrogens with one attached hydrogen (secondary N) is 1. The Balaban J connectivity index is 1.63. The van der Waals surface area contributed by atoms with E-state index in [2.05, 4.69) is 17.3 Å². The Kier molecular flexibility index (Phi) is 4.12. The van der Waals surface area contributed by atoms with Crippen LogP contribution in [0.5, 0.6) is 0 Å². The van der Waals surface area contributed by atoms with Crippen molar-refractivity contribution < 1.29 is 9.72 Å². The van der Waals surface area contributed by atoms with Gasteiger partial charge in [-0.05, 0) is 57.8 Å². The summed E-state index contributed by atoms with van der Waals surface area (Å²) in [6.45, 7) is 5.38. The second-order valence-electron chi connectivity index (χ2n) is 7.15. The first-order chi connectivity index (χ1) is 10.9. The van der Waals surface area contributed by atoms with E-state index in [1.54, 1.807) is 13.8 Å². The standard InChI is InChI=1S/C16H24N4O3/c1-9(14-7-12-4-5-13(14)6-12)17-16(21)11(3)19-8-15(20(22)23)10(2)18-19/h8-9,11-14H,4-7H2,1-3H3,(H,17,21). The molecule has 126 valence electrons. The van der Waals surface area contributed by atoms with Gasteiger partial charge in [-0.3, -0.25) is 19.6 Å². The van der Waals surface area contributed by atoms with E-state index in [1.165, 1.54) is 36.6 Å². The molecule has 5 unspecified atom stereocenters. The van der Waals surface area contributed by atoms with Crippen molar-refractivity contribution in [3.8, 4) is 0 Å². The van der Waals surface area contributed by atoms with Gasteiger partial charge in [-0.15, -0.1) is 0 Å². The monoisotopic (exact) mass is 320 g/mol. The topological polar surface area (TPSA) is 90.1 Å². The van der Waals surface area contributed by atoms with Crippen molar-refractivity contribution in [3.63, 3.8) is 0 Å². The van der Waals surface area contributed by atoms with Crippen molar-refractivity contribution in [1.82, 2.24) is 15.1 Å². The van der Waals surface area contributed by atoms with Crippen LogP contribution in [0.1, 0.15) is 51.3 Å². The number of nitro groups is 1. The SMILES string of the molecule is Cc1nn(C(C)C(=O)NC(C)C2CC3CCC2C3)cc1[N+](=O)[O-]. The van der Waals surface area contributed by atoms with Gasteiger partial charge < -0.3 is 5.32 Å². The van der Waals surface area contributed by atoms with Gasteiger partial charge in [0.05, 0.1) is 4.92 Å². The van der Waals surface area contributed by atoms with Gasteiger partial charge in [-0.1, -0.05) is 6.42 Å². The lowest BCUT2D eigenvalue weighted by atomic mass is 9.84. The molecule has 0 spiro atoms. The van der Waals surface area contributed by atoms with Crippen LogP contribution < -0.4 is 5.32 Å². The van der Waals surface area contributed by atoms with Gasteiger partial charge in [0.2, 0.25) is 5.91 Å². The average molecular weight is 320 g/mol.